The summed E-state index contributed by atoms with van der Waals surface area (Å²) in [6.07, 6.45) is 0. The first kappa shape index (κ1) is 15.0. The summed E-state index contributed by atoms with van der Waals surface area (Å²) >= 11 is 0. The maximum atomic E-state index is 11.0. The zero-order valence-electron chi connectivity index (χ0n) is 10.00. The van der Waals surface area contributed by atoms with E-state index >= 15 is 0 Å². The molecule has 92 valence electrons. The number of hydrogen-bond acceptors (Lipinski definition) is 5. The van der Waals surface area contributed by atoms with Gasteiger partial charge in [0, 0.05) is 0 Å². The van der Waals surface area contributed by atoms with Gasteiger partial charge in [0.1, 0.15) is 0 Å². The minimum Gasteiger partial charge on any atom is -0.303 e. The van der Waals surface area contributed by atoms with Crippen molar-refractivity contribution in [3.8, 4) is 0 Å². The summed E-state index contributed by atoms with van der Waals surface area (Å²) < 4.78 is 15.8. The minimum atomic E-state index is -4.57. The Balaban J connectivity index is 5.25. The lowest BCUT2D eigenvalue weighted by Crippen LogP contribution is -2.65. The summed E-state index contributed by atoms with van der Waals surface area (Å²) in [4.78, 5) is 22.5. The van der Waals surface area contributed by atoms with E-state index < -0.39 is 13.8 Å². The van der Waals surface area contributed by atoms with Crippen LogP contribution < -0.4 is 0 Å². The summed E-state index contributed by atoms with van der Waals surface area (Å²) in [6.45, 7) is 0. The molecule has 0 aromatic carbocycles. The van der Waals surface area contributed by atoms with Crippen LogP contribution in [-0.2, 0) is 9.09 Å². The summed E-state index contributed by atoms with van der Waals surface area (Å²) in [5.41, 5.74) is 0. The Morgan fingerprint density at radius 3 is 1.27 bits per heavy atom. The Kier molecular flexibility index (Phi) is 4.88. The van der Waals surface area contributed by atoms with Crippen molar-refractivity contribution in [2.24, 2.45) is 0 Å². The molecule has 0 amide bonds. The molecule has 0 spiro atoms. The van der Waals surface area contributed by atoms with Crippen LogP contribution in [0.1, 0.15) is 0 Å². The summed E-state index contributed by atoms with van der Waals surface area (Å²) in [5.74, 6) is -1.28. The van der Waals surface area contributed by atoms with Crippen LogP contribution in [0.4, 0.5) is 0 Å². The quantitative estimate of drug-likeness (QED) is 0.491. The van der Waals surface area contributed by atoms with E-state index in [1.165, 1.54) is 0 Å². The molecule has 0 atom stereocenters. The third-order valence-corrected chi connectivity index (χ3v) is 2.47. The fourth-order valence-electron chi connectivity index (χ4n) is 1.60. The highest BCUT2D eigenvalue weighted by atomic mass is 31.2. The first-order valence-corrected chi connectivity index (χ1v) is 5.85. The molecule has 0 fully saturated rings. The minimum absolute atomic E-state index is 1.28. The number of phosphoric acid groups is 1. The monoisotopic (exact) mass is 241 g/mol. The highest BCUT2D eigenvalue weighted by Gasteiger charge is 2.44. The van der Waals surface area contributed by atoms with Crippen molar-refractivity contribution in [1.82, 2.24) is 14.7 Å². The SMILES string of the molecule is CN(C)C(OP(=O)(O)O)(N(C)C)N(C)C. The van der Waals surface area contributed by atoms with E-state index in [0.717, 1.165) is 0 Å². The zero-order valence-corrected chi connectivity index (χ0v) is 10.9. The summed E-state index contributed by atoms with van der Waals surface area (Å²) in [6, 6.07) is 0. The topological polar surface area (TPSA) is 76.5 Å². The van der Waals surface area contributed by atoms with Crippen molar-refractivity contribution in [2.45, 2.75) is 5.97 Å². The van der Waals surface area contributed by atoms with Crippen LogP contribution in [0.15, 0.2) is 0 Å². The molecular formula is C7H20N3O4P. The largest absolute Gasteiger partial charge is 0.473 e. The standard InChI is InChI=1S/C7H20N3O4P/c1-8(2)7(9(3)4,10(5)6)14-15(11,12)13/h1-6H3,(H2,11,12,13). The van der Waals surface area contributed by atoms with Gasteiger partial charge in [-0.25, -0.2) is 9.09 Å². The Labute approximate surface area is 90.5 Å². The maximum Gasteiger partial charge on any atom is 0.473 e. The Morgan fingerprint density at radius 2 is 1.20 bits per heavy atom. The lowest BCUT2D eigenvalue weighted by atomic mass is 10.5. The van der Waals surface area contributed by atoms with Crippen molar-refractivity contribution in [3.63, 3.8) is 0 Å². The van der Waals surface area contributed by atoms with Gasteiger partial charge in [0.2, 0.25) is 0 Å². The summed E-state index contributed by atoms with van der Waals surface area (Å²) in [7, 11) is 5.48. The van der Waals surface area contributed by atoms with E-state index in [-0.39, 0.29) is 0 Å². The highest BCUT2D eigenvalue weighted by Crippen LogP contribution is 2.43. The van der Waals surface area contributed by atoms with Crippen LogP contribution >= 0.6 is 7.82 Å². The average Bonchev–Trinajstić information content (AvgIpc) is 1.96. The Bertz CT molecular complexity index is 229. The van der Waals surface area contributed by atoms with Crippen molar-refractivity contribution >= 4 is 7.82 Å². The van der Waals surface area contributed by atoms with Gasteiger partial charge in [0.25, 0.3) is 5.97 Å². The molecule has 0 bridgehead atoms. The molecule has 0 rings (SSSR count). The molecular weight excluding hydrogens is 221 g/mol. The first-order chi connectivity index (χ1) is 6.54. The Morgan fingerprint density at radius 1 is 0.933 bits per heavy atom. The van der Waals surface area contributed by atoms with Crippen molar-refractivity contribution < 1.29 is 18.9 Å². The van der Waals surface area contributed by atoms with Gasteiger partial charge in [-0.3, -0.25) is 14.7 Å². The smallest absolute Gasteiger partial charge is 0.303 e. The van der Waals surface area contributed by atoms with Gasteiger partial charge in [-0.1, -0.05) is 0 Å². The van der Waals surface area contributed by atoms with Crippen LogP contribution in [0, 0.1) is 0 Å². The van der Waals surface area contributed by atoms with Crippen molar-refractivity contribution in [3.05, 3.63) is 0 Å². The number of nitrogens with zero attached hydrogens (tertiary/aromatic N) is 3. The number of phosphoric ester groups is 1. The van der Waals surface area contributed by atoms with Crippen molar-refractivity contribution in [2.75, 3.05) is 42.3 Å². The fourth-order valence-corrected chi connectivity index (χ4v) is 2.41. The van der Waals surface area contributed by atoms with Gasteiger partial charge in [0.15, 0.2) is 0 Å². The molecule has 7 nitrogen and oxygen atoms in total. The van der Waals surface area contributed by atoms with Gasteiger partial charge >= 0.3 is 7.82 Å². The second-order valence-electron chi connectivity index (χ2n) is 3.84. The third kappa shape index (κ3) is 3.49. The van der Waals surface area contributed by atoms with Gasteiger partial charge in [-0.15, -0.1) is 0 Å². The average molecular weight is 241 g/mol. The van der Waals surface area contributed by atoms with Crippen LogP contribution in [0.3, 0.4) is 0 Å². The lowest BCUT2D eigenvalue weighted by Gasteiger charge is -2.47. The van der Waals surface area contributed by atoms with E-state index in [1.54, 1.807) is 57.0 Å². The zero-order chi connectivity index (χ0) is 12.4. The predicted octanol–water partition coefficient (Wildman–Crippen LogP) is -0.608. The van der Waals surface area contributed by atoms with E-state index in [0.29, 0.717) is 0 Å². The third-order valence-electron chi connectivity index (χ3n) is 1.99. The molecule has 0 saturated carbocycles. The Hall–Kier alpha value is -0.0100. The second-order valence-corrected chi connectivity index (χ2v) is 5.00. The second kappa shape index (κ2) is 4.88. The molecule has 0 radical (unpaired) electrons. The molecule has 0 aliphatic heterocycles. The van der Waals surface area contributed by atoms with Crippen LogP contribution in [0.25, 0.3) is 0 Å². The molecule has 0 saturated heterocycles. The van der Waals surface area contributed by atoms with E-state index in [2.05, 4.69) is 0 Å². The van der Waals surface area contributed by atoms with Crippen LogP contribution in [0.5, 0.6) is 0 Å². The van der Waals surface area contributed by atoms with Gasteiger partial charge in [0.05, 0.1) is 0 Å². The molecule has 0 aromatic rings. The normalized spacial score (nSPS) is 14.3. The van der Waals surface area contributed by atoms with Crippen molar-refractivity contribution in [1.29, 1.82) is 0 Å². The number of hydrogen-bond donors (Lipinski definition) is 2. The molecule has 8 heteroatoms. The van der Waals surface area contributed by atoms with E-state index in [4.69, 9.17) is 14.3 Å². The number of rotatable bonds is 5. The summed E-state index contributed by atoms with van der Waals surface area (Å²) in [5, 5.41) is 0. The van der Waals surface area contributed by atoms with Gasteiger partial charge < -0.3 is 9.79 Å². The van der Waals surface area contributed by atoms with Gasteiger partial charge in [-0.2, -0.15) is 0 Å². The van der Waals surface area contributed by atoms with Gasteiger partial charge in [-0.05, 0) is 42.3 Å². The molecule has 0 unspecified atom stereocenters. The predicted molar refractivity (Wildman–Crippen MR) is 56.9 cm³/mol. The van der Waals surface area contributed by atoms with Crippen LogP contribution in [-0.4, -0.2) is 72.7 Å². The van der Waals surface area contributed by atoms with Crippen LogP contribution in [0.2, 0.25) is 0 Å². The molecule has 0 aliphatic carbocycles. The first-order valence-electron chi connectivity index (χ1n) is 4.32. The van der Waals surface area contributed by atoms with E-state index in [1.807, 2.05) is 0 Å². The molecule has 0 aromatic heterocycles. The maximum absolute atomic E-state index is 11.0. The molecule has 15 heavy (non-hydrogen) atoms. The molecule has 2 N–H and O–H groups in total. The highest BCUT2D eigenvalue weighted by molar-refractivity contribution is 7.46. The van der Waals surface area contributed by atoms with E-state index in [9.17, 15) is 4.57 Å². The molecule has 0 heterocycles. The fraction of sp³-hybridized carbons (Fsp3) is 1.00. The lowest BCUT2D eigenvalue weighted by molar-refractivity contribution is -0.253. The molecule has 0 aliphatic rings.